The summed E-state index contributed by atoms with van der Waals surface area (Å²) in [6, 6.07) is 7.20. The maximum Gasteiger partial charge on any atom is 0.243 e. The van der Waals surface area contributed by atoms with Crippen LogP contribution in [-0.2, 0) is 14.4 Å². The average molecular weight is 476 g/mol. The van der Waals surface area contributed by atoms with Gasteiger partial charge >= 0.3 is 0 Å². The van der Waals surface area contributed by atoms with Gasteiger partial charge in [-0.3, -0.25) is 14.4 Å². The third-order valence-corrected chi connectivity index (χ3v) is 6.55. The van der Waals surface area contributed by atoms with Gasteiger partial charge in [-0.1, -0.05) is 47.0 Å². The predicted molar refractivity (Wildman–Crippen MR) is 106 cm³/mol. The van der Waals surface area contributed by atoms with E-state index in [0.717, 1.165) is 4.47 Å². The van der Waals surface area contributed by atoms with E-state index in [0.29, 0.717) is 14.4 Å². The van der Waals surface area contributed by atoms with Gasteiger partial charge in [-0.2, -0.15) is 0 Å². The molecule has 1 heterocycles. The zero-order chi connectivity index (χ0) is 18.9. The Morgan fingerprint density at radius 3 is 2.38 bits per heavy atom. The third-order valence-electron chi connectivity index (χ3n) is 2.65. The number of carbonyl (C=O) groups is 3. The molecule has 0 bridgehead atoms. The van der Waals surface area contributed by atoms with E-state index in [2.05, 4.69) is 36.8 Å². The molecule has 12 heteroatoms. The number of hydrogen-bond donors (Lipinski definition) is 3. The smallest absolute Gasteiger partial charge is 0.243 e. The van der Waals surface area contributed by atoms with Crippen LogP contribution in [0.25, 0.3) is 0 Å². The topological polar surface area (TPSA) is 127 Å². The highest BCUT2D eigenvalue weighted by atomic mass is 79.9. The standard InChI is InChI=1S/C14H14BrN5O3S3/c15-8-3-1-2-4-9(8)18-11(22)5-17-12(23)7-25-14-20-19-13(26-14)24-6-10(16)21/h1-4H,5-7H2,(H2,16,21)(H,17,23)(H,18,22). The second-order valence-corrected chi connectivity index (χ2v) is 8.96. The van der Waals surface area contributed by atoms with Crippen LogP contribution in [0.5, 0.6) is 0 Å². The predicted octanol–water partition coefficient (Wildman–Crippen LogP) is 1.73. The molecule has 4 N–H and O–H groups in total. The molecule has 0 saturated heterocycles. The van der Waals surface area contributed by atoms with Crippen LogP contribution in [0.3, 0.4) is 0 Å². The number of anilines is 1. The summed E-state index contributed by atoms with van der Waals surface area (Å²) in [5, 5.41) is 13.1. The number of carbonyl (C=O) groups excluding carboxylic acids is 3. The number of nitrogens with zero attached hydrogens (tertiary/aromatic N) is 2. The van der Waals surface area contributed by atoms with Crippen LogP contribution >= 0.6 is 50.8 Å². The molecule has 0 atom stereocenters. The van der Waals surface area contributed by atoms with Gasteiger partial charge in [0.2, 0.25) is 17.7 Å². The van der Waals surface area contributed by atoms with Crippen LogP contribution in [0.4, 0.5) is 5.69 Å². The van der Waals surface area contributed by atoms with Crippen LogP contribution in [0.15, 0.2) is 37.4 Å². The molecule has 0 spiro atoms. The monoisotopic (exact) mass is 475 g/mol. The molecule has 1 aromatic heterocycles. The van der Waals surface area contributed by atoms with Gasteiger partial charge in [0.05, 0.1) is 23.7 Å². The highest BCUT2D eigenvalue weighted by Gasteiger charge is 2.11. The van der Waals surface area contributed by atoms with E-state index >= 15 is 0 Å². The molecule has 2 aromatic rings. The minimum absolute atomic E-state index is 0.109. The Bertz CT molecular complexity index is 802. The molecule has 3 amide bonds. The Hall–Kier alpha value is -1.63. The number of amides is 3. The average Bonchev–Trinajstić information content (AvgIpc) is 3.06. The summed E-state index contributed by atoms with van der Waals surface area (Å²) in [6.45, 7) is -0.128. The number of halogens is 1. The first-order valence-corrected chi connectivity index (χ1v) is 10.7. The van der Waals surface area contributed by atoms with E-state index in [4.69, 9.17) is 5.73 Å². The number of benzene rings is 1. The van der Waals surface area contributed by atoms with Crippen molar-refractivity contribution in [1.29, 1.82) is 0 Å². The zero-order valence-electron chi connectivity index (χ0n) is 13.2. The molecule has 26 heavy (non-hydrogen) atoms. The lowest BCUT2D eigenvalue weighted by molar-refractivity contribution is -0.122. The summed E-state index contributed by atoms with van der Waals surface area (Å²) in [4.78, 5) is 34.4. The van der Waals surface area contributed by atoms with Crippen molar-refractivity contribution in [2.24, 2.45) is 5.73 Å². The van der Waals surface area contributed by atoms with E-state index in [9.17, 15) is 14.4 Å². The first-order chi connectivity index (χ1) is 12.4. The number of para-hydroxylation sites is 1. The number of rotatable bonds is 9. The van der Waals surface area contributed by atoms with Gasteiger partial charge in [0.15, 0.2) is 8.68 Å². The molecule has 0 fully saturated rings. The van der Waals surface area contributed by atoms with E-state index in [1.807, 2.05) is 12.1 Å². The third kappa shape index (κ3) is 7.32. The van der Waals surface area contributed by atoms with Crippen LogP contribution in [0.1, 0.15) is 0 Å². The largest absolute Gasteiger partial charge is 0.369 e. The number of aromatic nitrogens is 2. The second-order valence-electron chi connectivity index (χ2n) is 4.68. The normalized spacial score (nSPS) is 10.3. The Balaban J connectivity index is 1.69. The van der Waals surface area contributed by atoms with Crippen molar-refractivity contribution in [2.75, 3.05) is 23.4 Å². The Morgan fingerprint density at radius 2 is 1.73 bits per heavy atom. The van der Waals surface area contributed by atoms with Gasteiger partial charge in [0.25, 0.3) is 0 Å². The van der Waals surface area contributed by atoms with Crippen LogP contribution in [0.2, 0.25) is 0 Å². The van der Waals surface area contributed by atoms with Gasteiger partial charge in [0.1, 0.15) is 0 Å². The lowest BCUT2D eigenvalue weighted by Gasteiger charge is -2.08. The summed E-state index contributed by atoms with van der Waals surface area (Å²) in [7, 11) is 0. The minimum atomic E-state index is -0.431. The minimum Gasteiger partial charge on any atom is -0.369 e. The van der Waals surface area contributed by atoms with Gasteiger partial charge in [0, 0.05) is 4.47 Å². The van der Waals surface area contributed by atoms with Crippen molar-refractivity contribution in [1.82, 2.24) is 15.5 Å². The molecule has 0 unspecified atom stereocenters. The maximum atomic E-state index is 11.9. The first kappa shape index (κ1) is 20.7. The summed E-state index contributed by atoms with van der Waals surface area (Å²) in [5.74, 6) is -0.807. The highest BCUT2D eigenvalue weighted by molar-refractivity contribution is 9.10. The molecule has 8 nitrogen and oxygen atoms in total. The fourth-order valence-corrected chi connectivity index (χ4v) is 4.53. The highest BCUT2D eigenvalue weighted by Crippen LogP contribution is 2.28. The Kier molecular flexibility index (Phi) is 8.35. The molecule has 0 radical (unpaired) electrons. The quantitative estimate of drug-likeness (QED) is 0.471. The number of hydrogen-bond acceptors (Lipinski definition) is 8. The van der Waals surface area contributed by atoms with Gasteiger partial charge in [-0.25, -0.2) is 0 Å². The molecule has 138 valence electrons. The molecule has 2 rings (SSSR count). The maximum absolute atomic E-state index is 11.9. The molecule has 0 saturated carbocycles. The van der Waals surface area contributed by atoms with Crippen molar-refractivity contribution in [3.05, 3.63) is 28.7 Å². The van der Waals surface area contributed by atoms with Crippen LogP contribution in [0, 0.1) is 0 Å². The lowest BCUT2D eigenvalue weighted by atomic mass is 10.3. The van der Waals surface area contributed by atoms with Crippen molar-refractivity contribution in [3.8, 4) is 0 Å². The fourth-order valence-electron chi connectivity index (χ4n) is 1.56. The number of primary amides is 1. The number of nitrogens with two attached hydrogens (primary N) is 1. The van der Waals surface area contributed by atoms with Crippen molar-refractivity contribution >= 4 is 74.2 Å². The van der Waals surface area contributed by atoms with E-state index in [-0.39, 0.29) is 29.9 Å². The van der Waals surface area contributed by atoms with Gasteiger partial charge < -0.3 is 16.4 Å². The van der Waals surface area contributed by atoms with Crippen molar-refractivity contribution in [2.45, 2.75) is 8.68 Å². The fraction of sp³-hybridized carbons (Fsp3) is 0.214. The number of nitrogens with one attached hydrogen (secondary N) is 2. The summed E-state index contributed by atoms with van der Waals surface area (Å²) < 4.78 is 1.97. The molecular weight excluding hydrogens is 462 g/mol. The zero-order valence-corrected chi connectivity index (χ0v) is 17.3. The summed E-state index contributed by atoms with van der Waals surface area (Å²) in [5.41, 5.74) is 5.70. The Morgan fingerprint density at radius 1 is 1.08 bits per heavy atom. The molecule has 0 aliphatic rings. The molecule has 0 aliphatic heterocycles. The van der Waals surface area contributed by atoms with E-state index in [1.54, 1.807) is 12.1 Å². The van der Waals surface area contributed by atoms with Gasteiger partial charge in [-0.15, -0.1) is 10.2 Å². The number of thioether (sulfide) groups is 2. The van der Waals surface area contributed by atoms with Gasteiger partial charge in [-0.05, 0) is 28.1 Å². The second kappa shape index (κ2) is 10.5. The molecule has 1 aromatic carbocycles. The van der Waals surface area contributed by atoms with Crippen molar-refractivity contribution < 1.29 is 14.4 Å². The molecular formula is C14H14BrN5O3S3. The summed E-state index contributed by atoms with van der Waals surface area (Å²) >= 11 is 7.01. The van der Waals surface area contributed by atoms with E-state index in [1.165, 1.54) is 34.9 Å². The first-order valence-electron chi connectivity index (χ1n) is 7.12. The van der Waals surface area contributed by atoms with E-state index < -0.39 is 5.91 Å². The van der Waals surface area contributed by atoms with Crippen LogP contribution in [-0.4, -0.2) is 46.0 Å². The van der Waals surface area contributed by atoms with Crippen LogP contribution < -0.4 is 16.4 Å². The molecule has 0 aliphatic carbocycles. The van der Waals surface area contributed by atoms with Crippen molar-refractivity contribution in [3.63, 3.8) is 0 Å². The lowest BCUT2D eigenvalue weighted by Crippen LogP contribution is -2.33. The summed E-state index contributed by atoms with van der Waals surface area (Å²) in [6.07, 6.45) is 0. The SMILES string of the molecule is NC(=O)CSc1nnc(SCC(=O)NCC(=O)Nc2ccccc2Br)s1. The Labute approximate surface area is 170 Å².